The predicted octanol–water partition coefficient (Wildman–Crippen LogP) is 2.30. The van der Waals surface area contributed by atoms with E-state index in [4.69, 9.17) is 0 Å². The minimum Gasteiger partial charge on any atom is -0.225 e. The quantitative estimate of drug-likeness (QED) is 0.725. The molecule has 0 amide bonds. The maximum Gasteiger partial charge on any atom is 0.190 e. The molecule has 1 aliphatic carbocycles. The first-order valence-electron chi connectivity index (χ1n) is 4.74. The van der Waals surface area contributed by atoms with E-state index < -0.39 is 0 Å². The highest BCUT2D eigenvalue weighted by Gasteiger charge is 2.15. The monoisotopic (exact) mass is 195 g/mol. The summed E-state index contributed by atoms with van der Waals surface area (Å²) in [6.07, 6.45) is 9.89. The molecule has 13 heavy (non-hydrogen) atoms. The van der Waals surface area contributed by atoms with Gasteiger partial charge in [0.05, 0.1) is 0 Å². The van der Waals surface area contributed by atoms with Crippen molar-refractivity contribution in [3.05, 3.63) is 12.7 Å². The highest BCUT2D eigenvalue weighted by Crippen LogP contribution is 2.31. The number of hydrogen-bond donors (Lipinski definition) is 0. The highest BCUT2D eigenvalue weighted by atomic mass is 32.2. The molecule has 0 bridgehead atoms. The van der Waals surface area contributed by atoms with Crippen LogP contribution in [-0.2, 0) is 0 Å². The van der Waals surface area contributed by atoms with Gasteiger partial charge in [0.15, 0.2) is 5.16 Å². The zero-order chi connectivity index (χ0) is 8.93. The van der Waals surface area contributed by atoms with Crippen LogP contribution >= 0.6 is 11.8 Å². The first-order valence-corrected chi connectivity index (χ1v) is 5.62. The van der Waals surface area contributed by atoms with Gasteiger partial charge in [-0.3, -0.25) is 0 Å². The van der Waals surface area contributed by atoms with Crippen molar-refractivity contribution in [1.82, 2.24) is 15.0 Å². The zero-order valence-corrected chi connectivity index (χ0v) is 8.33. The minimum absolute atomic E-state index is 0.733. The number of hydrogen-bond acceptors (Lipinski definition) is 4. The van der Waals surface area contributed by atoms with Gasteiger partial charge < -0.3 is 0 Å². The summed E-state index contributed by atoms with van der Waals surface area (Å²) in [5.74, 6) is 0. The smallest absolute Gasteiger partial charge is 0.190 e. The van der Waals surface area contributed by atoms with E-state index in [1.54, 1.807) is 24.4 Å². The third-order valence-electron chi connectivity index (χ3n) is 2.29. The number of thioether (sulfide) groups is 1. The van der Waals surface area contributed by atoms with Crippen LogP contribution in [0, 0.1) is 0 Å². The Labute approximate surface area is 82.4 Å². The molecule has 70 valence electrons. The molecule has 1 heterocycles. The third kappa shape index (κ3) is 2.66. The van der Waals surface area contributed by atoms with Crippen molar-refractivity contribution < 1.29 is 0 Å². The van der Waals surface area contributed by atoms with Gasteiger partial charge in [-0.05, 0) is 12.8 Å². The molecule has 0 atom stereocenters. The fourth-order valence-corrected chi connectivity index (χ4v) is 2.70. The lowest BCUT2D eigenvalue weighted by Crippen LogP contribution is -2.08. The summed E-state index contributed by atoms with van der Waals surface area (Å²) >= 11 is 1.80. The molecule has 1 fully saturated rings. The van der Waals surface area contributed by atoms with E-state index in [1.165, 1.54) is 32.1 Å². The molecule has 1 aromatic heterocycles. The molecule has 0 saturated heterocycles. The first kappa shape index (κ1) is 8.94. The number of nitrogens with zero attached hydrogens (tertiary/aromatic N) is 3. The van der Waals surface area contributed by atoms with Crippen molar-refractivity contribution in [3.63, 3.8) is 0 Å². The van der Waals surface area contributed by atoms with Gasteiger partial charge in [-0.25, -0.2) is 15.0 Å². The van der Waals surface area contributed by atoms with E-state index in [9.17, 15) is 0 Å². The van der Waals surface area contributed by atoms with Crippen LogP contribution in [0.4, 0.5) is 0 Å². The summed E-state index contributed by atoms with van der Waals surface area (Å²) in [5, 5.41) is 1.61. The van der Waals surface area contributed by atoms with Crippen molar-refractivity contribution in [2.24, 2.45) is 0 Å². The Bertz CT molecular complexity index is 246. The fourth-order valence-electron chi connectivity index (χ4n) is 1.62. The highest BCUT2D eigenvalue weighted by molar-refractivity contribution is 7.99. The second-order valence-corrected chi connectivity index (χ2v) is 4.57. The topological polar surface area (TPSA) is 38.7 Å². The van der Waals surface area contributed by atoms with Crippen LogP contribution in [0.5, 0.6) is 0 Å². The minimum atomic E-state index is 0.733. The molecular formula is C9H13N3S. The van der Waals surface area contributed by atoms with E-state index in [0.29, 0.717) is 0 Å². The third-order valence-corrected chi connectivity index (χ3v) is 3.52. The Morgan fingerprint density at radius 3 is 2.46 bits per heavy atom. The van der Waals surface area contributed by atoms with Gasteiger partial charge in [0, 0.05) is 5.25 Å². The van der Waals surface area contributed by atoms with Gasteiger partial charge in [0.1, 0.15) is 12.7 Å². The van der Waals surface area contributed by atoms with E-state index in [-0.39, 0.29) is 0 Å². The lowest BCUT2D eigenvalue weighted by Gasteiger charge is -2.19. The van der Waals surface area contributed by atoms with E-state index in [1.807, 2.05) is 0 Å². The number of aromatic nitrogens is 3. The summed E-state index contributed by atoms with van der Waals surface area (Å²) in [4.78, 5) is 12.0. The first-order chi connectivity index (χ1) is 6.45. The van der Waals surface area contributed by atoms with Crippen LogP contribution in [-0.4, -0.2) is 20.2 Å². The molecule has 1 saturated carbocycles. The van der Waals surface area contributed by atoms with Gasteiger partial charge in [0.2, 0.25) is 0 Å². The molecule has 1 aromatic rings. The molecule has 0 spiro atoms. The van der Waals surface area contributed by atoms with E-state index in [2.05, 4.69) is 15.0 Å². The van der Waals surface area contributed by atoms with Crippen LogP contribution in [0.15, 0.2) is 17.8 Å². The lowest BCUT2D eigenvalue weighted by atomic mass is 10.0. The summed E-state index contributed by atoms with van der Waals surface area (Å²) in [6, 6.07) is 0. The average molecular weight is 195 g/mol. The largest absolute Gasteiger partial charge is 0.225 e. The van der Waals surface area contributed by atoms with Crippen LogP contribution in [0.2, 0.25) is 0 Å². The van der Waals surface area contributed by atoms with Crippen LogP contribution in [0.25, 0.3) is 0 Å². The van der Waals surface area contributed by atoms with Gasteiger partial charge >= 0.3 is 0 Å². The molecule has 0 N–H and O–H groups in total. The Hall–Kier alpha value is -0.640. The maximum absolute atomic E-state index is 4.11. The lowest BCUT2D eigenvalue weighted by molar-refractivity contribution is 0.515. The molecule has 1 aliphatic rings. The van der Waals surface area contributed by atoms with E-state index >= 15 is 0 Å². The Balaban J connectivity index is 1.90. The molecule has 4 heteroatoms. The van der Waals surface area contributed by atoms with E-state index in [0.717, 1.165) is 10.4 Å². The Kier molecular flexibility index (Phi) is 3.13. The summed E-state index contributed by atoms with van der Waals surface area (Å²) in [6.45, 7) is 0. The maximum atomic E-state index is 4.11. The zero-order valence-electron chi connectivity index (χ0n) is 7.52. The summed E-state index contributed by atoms with van der Waals surface area (Å²) < 4.78 is 0. The van der Waals surface area contributed by atoms with Crippen molar-refractivity contribution in [3.8, 4) is 0 Å². The van der Waals surface area contributed by atoms with Crippen molar-refractivity contribution in [2.75, 3.05) is 0 Å². The van der Waals surface area contributed by atoms with Crippen LogP contribution in [0.1, 0.15) is 32.1 Å². The molecular weight excluding hydrogens is 182 g/mol. The van der Waals surface area contributed by atoms with Gasteiger partial charge in [-0.2, -0.15) is 0 Å². The van der Waals surface area contributed by atoms with Crippen molar-refractivity contribution in [2.45, 2.75) is 42.5 Å². The van der Waals surface area contributed by atoms with Crippen molar-refractivity contribution >= 4 is 11.8 Å². The molecule has 2 rings (SSSR count). The molecule has 3 nitrogen and oxygen atoms in total. The molecule has 0 unspecified atom stereocenters. The normalized spacial score (nSPS) is 18.8. The predicted molar refractivity (Wildman–Crippen MR) is 52.6 cm³/mol. The SMILES string of the molecule is c1ncnc(SC2CCCCC2)n1. The second-order valence-electron chi connectivity index (χ2n) is 3.30. The molecule has 0 radical (unpaired) electrons. The number of rotatable bonds is 2. The van der Waals surface area contributed by atoms with Crippen molar-refractivity contribution in [1.29, 1.82) is 0 Å². The molecule has 0 aromatic carbocycles. The summed E-state index contributed by atoms with van der Waals surface area (Å²) in [5.41, 5.74) is 0. The van der Waals surface area contributed by atoms with Crippen LogP contribution < -0.4 is 0 Å². The van der Waals surface area contributed by atoms with Gasteiger partial charge in [-0.1, -0.05) is 31.0 Å². The Morgan fingerprint density at radius 2 is 1.77 bits per heavy atom. The standard InChI is InChI=1S/C9H13N3S/c1-2-4-8(5-3-1)13-9-11-6-10-7-12-9/h6-8H,1-5H2. The van der Waals surface area contributed by atoms with Gasteiger partial charge in [0.25, 0.3) is 0 Å². The fraction of sp³-hybridized carbons (Fsp3) is 0.667. The Morgan fingerprint density at radius 1 is 1.08 bits per heavy atom. The molecule has 0 aliphatic heterocycles. The summed E-state index contributed by atoms with van der Waals surface area (Å²) in [7, 11) is 0. The average Bonchev–Trinajstić information content (AvgIpc) is 2.21. The van der Waals surface area contributed by atoms with Gasteiger partial charge in [-0.15, -0.1) is 0 Å². The van der Waals surface area contributed by atoms with Crippen LogP contribution in [0.3, 0.4) is 0 Å². The second kappa shape index (κ2) is 4.56.